The molecule has 5 nitrogen and oxygen atoms in total. The molecule has 0 aliphatic heterocycles. The standard InChI is InChI=1S/C23H25N3O2/c1-25(2)14-15-28-23-19(17-9-5-7-11-21(17)26(3)27)13-12-18-16-8-4-6-10-20(16)24-22(18)23/h4-13,24,27H,14-15H2,1-3H3. The molecule has 5 heteroatoms. The Morgan fingerprint density at radius 3 is 2.39 bits per heavy atom. The first kappa shape index (κ1) is 18.3. The molecule has 1 heterocycles. The number of nitrogens with zero attached hydrogens (tertiary/aromatic N) is 2. The van der Waals surface area contributed by atoms with Gasteiger partial charge in [0.25, 0.3) is 0 Å². The van der Waals surface area contributed by atoms with Crippen molar-refractivity contribution in [3.05, 3.63) is 60.7 Å². The maximum Gasteiger partial charge on any atom is 0.151 e. The molecule has 0 aliphatic rings. The molecule has 0 spiro atoms. The first-order valence-corrected chi connectivity index (χ1v) is 9.39. The summed E-state index contributed by atoms with van der Waals surface area (Å²) in [7, 11) is 5.69. The minimum atomic E-state index is 0.575. The van der Waals surface area contributed by atoms with Gasteiger partial charge in [0, 0.05) is 41.0 Å². The number of anilines is 1. The van der Waals surface area contributed by atoms with E-state index in [2.05, 4.69) is 34.1 Å². The summed E-state index contributed by atoms with van der Waals surface area (Å²) in [5.41, 5.74) is 4.67. The van der Waals surface area contributed by atoms with Crippen LogP contribution in [0.15, 0.2) is 60.7 Å². The molecule has 0 atom stereocenters. The van der Waals surface area contributed by atoms with Gasteiger partial charge in [-0.15, -0.1) is 0 Å². The lowest BCUT2D eigenvalue weighted by molar-refractivity contribution is 0.264. The van der Waals surface area contributed by atoms with Crippen molar-refractivity contribution in [3.63, 3.8) is 0 Å². The fourth-order valence-electron chi connectivity index (χ4n) is 3.57. The van der Waals surface area contributed by atoms with E-state index in [1.165, 1.54) is 5.39 Å². The van der Waals surface area contributed by atoms with Gasteiger partial charge >= 0.3 is 0 Å². The van der Waals surface area contributed by atoms with E-state index in [4.69, 9.17) is 4.74 Å². The van der Waals surface area contributed by atoms with Crippen molar-refractivity contribution in [2.24, 2.45) is 0 Å². The molecule has 2 N–H and O–H groups in total. The van der Waals surface area contributed by atoms with Gasteiger partial charge in [-0.3, -0.25) is 10.3 Å². The van der Waals surface area contributed by atoms with E-state index >= 15 is 0 Å². The molecule has 4 rings (SSSR count). The van der Waals surface area contributed by atoms with Crippen LogP contribution in [0.4, 0.5) is 5.69 Å². The zero-order chi connectivity index (χ0) is 19.7. The van der Waals surface area contributed by atoms with Crippen LogP contribution in [-0.2, 0) is 0 Å². The van der Waals surface area contributed by atoms with Crippen LogP contribution in [0.5, 0.6) is 5.75 Å². The van der Waals surface area contributed by atoms with Gasteiger partial charge in [0.1, 0.15) is 6.61 Å². The van der Waals surface area contributed by atoms with Gasteiger partial charge in [-0.25, -0.2) is 0 Å². The predicted molar refractivity (Wildman–Crippen MR) is 115 cm³/mol. The van der Waals surface area contributed by atoms with E-state index in [0.717, 1.165) is 50.6 Å². The third kappa shape index (κ3) is 3.30. The molecule has 3 aromatic carbocycles. The summed E-state index contributed by atoms with van der Waals surface area (Å²) in [6.07, 6.45) is 0. The van der Waals surface area contributed by atoms with Gasteiger partial charge in [-0.1, -0.05) is 42.5 Å². The van der Waals surface area contributed by atoms with Crippen molar-refractivity contribution in [2.75, 3.05) is 39.4 Å². The maximum atomic E-state index is 10.1. The number of H-pyrrole nitrogens is 1. The smallest absolute Gasteiger partial charge is 0.151 e. The highest BCUT2D eigenvalue weighted by atomic mass is 16.5. The molecule has 0 saturated carbocycles. The van der Waals surface area contributed by atoms with Crippen LogP contribution in [0.2, 0.25) is 0 Å². The minimum absolute atomic E-state index is 0.575. The van der Waals surface area contributed by atoms with Gasteiger partial charge < -0.3 is 14.6 Å². The van der Waals surface area contributed by atoms with Gasteiger partial charge in [0.2, 0.25) is 0 Å². The largest absolute Gasteiger partial charge is 0.489 e. The number of hydroxylamine groups is 1. The number of aromatic nitrogens is 1. The fourth-order valence-corrected chi connectivity index (χ4v) is 3.57. The van der Waals surface area contributed by atoms with Crippen LogP contribution in [0.3, 0.4) is 0 Å². The van der Waals surface area contributed by atoms with Gasteiger partial charge in [0.15, 0.2) is 5.75 Å². The van der Waals surface area contributed by atoms with E-state index < -0.39 is 0 Å². The quantitative estimate of drug-likeness (QED) is 0.477. The minimum Gasteiger partial charge on any atom is -0.489 e. The van der Waals surface area contributed by atoms with Crippen molar-refractivity contribution in [3.8, 4) is 16.9 Å². The van der Waals surface area contributed by atoms with Crippen molar-refractivity contribution in [1.82, 2.24) is 9.88 Å². The van der Waals surface area contributed by atoms with E-state index in [9.17, 15) is 5.21 Å². The number of rotatable bonds is 6. The molecule has 0 bridgehead atoms. The molecule has 28 heavy (non-hydrogen) atoms. The highest BCUT2D eigenvalue weighted by molar-refractivity contribution is 6.11. The van der Waals surface area contributed by atoms with Gasteiger partial charge in [-0.05, 0) is 32.3 Å². The first-order chi connectivity index (χ1) is 13.6. The average Bonchev–Trinajstić information content (AvgIpc) is 3.07. The molecule has 1 aromatic heterocycles. The van der Waals surface area contributed by atoms with Gasteiger partial charge in [0.05, 0.1) is 11.2 Å². The third-order valence-corrected chi connectivity index (χ3v) is 4.96. The molecule has 0 aliphatic carbocycles. The number of nitrogens with one attached hydrogen (secondary N) is 1. The Morgan fingerprint density at radius 1 is 0.857 bits per heavy atom. The van der Waals surface area contributed by atoms with Crippen LogP contribution >= 0.6 is 0 Å². The van der Waals surface area contributed by atoms with Crippen LogP contribution in [0.25, 0.3) is 32.9 Å². The number of fused-ring (bicyclic) bond motifs is 3. The van der Waals surface area contributed by atoms with Crippen LogP contribution in [-0.4, -0.2) is 49.4 Å². The normalized spacial score (nSPS) is 11.5. The van der Waals surface area contributed by atoms with Gasteiger partial charge in [-0.2, -0.15) is 0 Å². The van der Waals surface area contributed by atoms with Crippen LogP contribution in [0, 0.1) is 0 Å². The van der Waals surface area contributed by atoms with Crippen LogP contribution in [0.1, 0.15) is 0 Å². The van der Waals surface area contributed by atoms with Crippen molar-refractivity contribution in [2.45, 2.75) is 0 Å². The summed E-state index contributed by atoms with van der Waals surface area (Å²) in [5.74, 6) is 0.810. The monoisotopic (exact) mass is 375 g/mol. The van der Waals surface area contributed by atoms with E-state index in [1.54, 1.807) is 7.05 Å². The summed E-state index contributed by atoms with van der Waals surface area (Å²) >= 11 is 0. The summed E-state index contributed by atoms with van der Waals surface area (Å²) in [5, 5.41) is 13.6. The Balaban J connectivity index is 1.94. The number of likely N-dealkylation sites (N-methyl/N-ethyl adjacent to an activating group) is 1. The fraction of sp³-hybridized carbons (Fsp3) is 0.217. The molecule has 0 radical (unpaired) electrons. The lowest BCUT2D eigenvalue weighted by atomic mass is 10.00. The molecular weight excluding hydrogens is 350 g/mol. The molecule has 0 fully saturated rings. The lowest BCUT2D eigenvalue weighted by Crippen LogP contribution is -2.19. The maximum absolute atomic E-state index is 10.1. The number of ether oxygens (including phenoxy) is 1. The molecule has 4 aromatic rings. The molecule has 0 unspecified atom stereocenters. The van der Waals surface area contributed by atoms with Crippen molar-refractivity contribution in [1.29, 1.82) is 0 Å². The summed E-state index contributed by atoms with van der Waals surface area (Å²) in [4.78, 5) is 5.63. The van der Waals surface area contributed by atoms with Crippen molar-refractivity contribution < 1.29 is 9.94 Å². The number of aromatic amines is 1. The zero-order valence-electron chi connectivity index (χ0n) is 16.4. The van der Waals surface area contributed by atoms with Crippen LogP contribution < -0.4 is 9.80 Å². The molecule has 0 amide bonds. The highest BCUT2D eigenvalue weighted by Gasteiger charge is 2.18. The SMILES string of the molecule is CN(C)CCOc1c(-c2ccccc2N(C)O)ccc2c1[nH]c1ccccc12. The van der Waals surface area contributed by atoms with Crippen molar-refractivity contribution >= 4 is 27.5 Å². The Labute approximate surface area is 164 Å². The second kappa shape index (κ2) is 7.54. The number of para-hydroxylation sites is 2. The number of benzene rings is 3. The first-order valence-electron chi connectivity index (χ1n) is 9.39. The van der Waals surface area contributed by atoms with E-state index in [0.29, 0.717) is 6.61 Å². The lowest BCUT2D eigenvalue weighted by Gasteiger charge is -2.19. The topological polar surface area (TPSA) is 51.7 Å². The molecule has 144 valence electrons. The molecule has 0 saturated heterocycles. The Kier molecular flexibility index (Phi) is 4.94. The van der Waals surface area contributed by atoms with E-state index in [-0.39, 0.29) is 0 Å². The van der Waals surface area contributed by atoms with E-state index in [1.807, 2.05) is 50.5 Å². The average molecular weight is 375 g/mol. The third-order valence-electron chi connectivity index (χ3n) is 4.96. The Morgan fingerprint density at radius 2 is 1.61 bits per heavy atom. The number of hydrogen-bond acceptors (Lipinski definition) is 4. The second-order valence-corrected chi connectivity index (χ2v) is 7.23. The highest BCUT2D eigenvalue weighted by Crippen LogP contribution is 2.42. The predicted octanol–water partition coefficient (Wildman–Crippen LogP) is 4.75. The second-order valence-electron chi connectivity index (χ2n) is 7.23. The Bertz CT molecular complexity index is 1120. The zero-order valence-corrected chi connectivity index (χ0v) is 16.4. The summed E-state index contributed by atoms with van der Waals surface area (Å²) < 4.78 is 6.31. The number of hydrogen-bond donors (Lipinski definition) is 2. The Hall–Kier alpha value is -3.02. The summed E-state index contributed by atoms with van der Waals surface area (Å²) in [6.45, 7) is 1.39. The summed E-state index contributed by atoms with van der Waals surface area (Å²) in [6, 6.07) is 20.3. The molecular formula is C23H25N3O2.